The molecule has 3 N–H and O–H groups in total. The average molecular weight is 258 g/mol. The summed E-state index contributed by atoms with van der Waals surface area (Å²) in [5.74, 6) is -0.141. The largest absolute Gasteiger partial charge is 0.481 e. The molecule has 0 aromatic carbocycles. The SMILES string of the molecule is CC(C)CCNC(=O)NCCCCCCC(=O)O. The van der Waals surface area contributed by atoms with E-state index in [1.165, 1.54) is 0 Å². The molecule has 0 rings (SSSR count). The molecule has 0 aliphatic heterocycles. The fourth-order valence-electron chi connectivity index (χ4n) is 1.49. The zero-order chi connectivity index (χ0) is 13.8. The summed E-state index contributed by atoms with van der Waals surface area (Å²) in [7, 11) is 0. The Bertz CT molecular complexity index is 242. The predicted molar refractivity (Wildman–Crippen MR) is 71.6 cm³/mol. The Morgan fingerprint density at radius 2 is 1.61 bits per heavy atom. The van der Waals surface area contributed by atoms with E-state index >= 15 is 0 Å². The van der Waals surface area contributed by atoms with Crippen molar-refractivity contribution in [3.8, 4) is 0 Å². The van der Waals surface area contributed by atoms with Crippen LogP contribution in [-0.2, 0) is 4.79 Å². The van der Waals surface area contributed by atoms with Crippen LogP contribution in [0.4, 0.5) is 4.79 Å². The highest BCUT2D eigenvalue weighted by atomic mass is 16.4. The van der Waals surface area contributed by atoms with Crippen LogP contribution in [-0.4, -0.2) is 30.2 Å². The lowest BCUT2D eigenvalue weighted by molar-refractivity contribution is -0.137. The molecular weight excluding hydrogens is 232 g/mol. The number of hydrogen-bond donors (Lipinski definition) is 3. The van der Waals surface area contributed by atoms with Gasteiger partial charge in [-0.25, -0.2) is 4.79 Å². The molecule has 0 atom stereocenters. The van der Waals surface area contributed by atoms with Crippen LogP contribution in [0.5, 0.6) is 0 Å². The molecule has 0 aromatic heterocycles. The third kappa shape index (κ3) is 12.8. The van der Waals surface area contributed by atoms with Crippen molar-refractivity contribution in [1.29, 1.82) is 0 Å². The number of carbonyl (C=O) groups excluding carboxylic acids is 1. The van der Waals surface area contributed by atoms with Gasteiger partial charge < -0.3 is 15.7 Å². The highest BCUT2D eigenvalue weighted by molar-refractivity contribution is 5.73. The van der Waals surface area contributed by atoms with Gasteiger partial charge in [-0.05, 0) is 25.2 Å². The van der Waals surface area contributed by atoms with Crippen molar-refractivity contribution in [2.45, 2.75) is 52.4 Å². The summed E-state index contributed by atoms with van der Waals surface area (Å²) < 4.78 is 0. The number of urea groups is 1. The Morgan fingerprint density at radius 3 is 2.22 bits per heavy atom. The molecular formula is C13H26N2O3. The maximum Gasteiger partial charge on any atom is 0.314 e. The molecule has 0 radical (unpaired) electrons. The van der Waals surface area contributed by atoms with Gasteiger partial charge in [-0.3, -0.25) is 4.79 Å². The van der Waals surface area contributed by atoms with Crippen molar-refractivity contribution in [2.75, 3.05) is 13.1 Å². The van der Waals surface area contributed by atoms with E-state index in [0.29, 0.717) is 19.0 Å². The van der Waals surface area contributed by atoms with E-state index in [-0.39, 0.29) is 12.5 Å². The van der Waals surface area contributed by atoms with Gasteiger partial charge in [0.2, 0.25) is 0 Å². The lowest BCUT2D eigenvalue weighted by atomic mass is 10.1. The average Bonchev–Trinajstić information content (AvgIpc) is 2.26. The van der Waals surface area contributed by atoms with E-state index in [2.05, 4.69) is 24.5 Å². The number of nitrogens with one attached hydrogen (secondary N) is 2. The molecule has 2 amide bonds. The van der Waals surface area contributed by atoms with Gasteiger partial charge in [-0.15, -0.1) is 0 Å². The number of carboxylic acids is 1. The van der Waals surface area contributed by atoms with Crippen LogP contribution >= 0.6 is 0 Å². The third-order valence-electron chi connectivity index (χ3n) is 2.61. The van der Waals surface area contributed by atoms with Gasteiger partial charge in [-0.1, -0.05) is 26.7 Å². The molecule has 0 aliphatic carbocycles. The van der Waals surface area contributed by atoms with Crippen molar-refractivity contribution in [2.24, 2.45) is 5.92 Å². The summed E-state index contributed by atoms with van der Waals surface area (Å²) in [5, 5.41) is 14.0. The molecule has 0 aromatic rings. The lowest BCUT2D eigenvalue weighted by Gasteiger charge is -2.08. The highest BCUT2D eigenvalue weighted by Gasteiger charge is 2.00. The van der Waals surface area contributed by atoms with E-state index in [4.69, 9.17) is 5.11 Å². The lowest BCUT2D eigenvalue weighted by Crippen LogP contribution is -2.36. The molecule has 0 unspecified atom stereocenters. The zero-order valence-corrected chi connectivity index (χ0v) is 11.5. The van der Waals surface area contributed by atoms with Crippen molar-refractivity contribution in [3.63, 3.8) is 0 Å². The molecule has 0 saturated heterocycles. The summed E-state index contributed by atoms with van der Waals surface area (Å²) in [6.45, 7) is 5.61. The van der Waals surface area contributed by atoms with E-state index < -0.39 is 5.97 Å². The van der Waals surface area contributed by atoms with Crippen LogP contribution in [0.1, 0.15) is 52.4 Å². The molecule has 5 heteroatoms. The second kappa shape index (κ2) is 10.9. The number of carbonyl (C=O) groups is 2. The third-order valence-corrected chi connectivity index (χ3v) is 2.61. The standard InChI is InChI=1S/C13H26N2O3/c1-11(2)8-10-15-13(18)14-9-6-4-3-5-7-12(16)17/h11H,3-10H2,1-2H3,(H,16,17)(H2,14,15,18). The molecule has 5 nitrogen and oxygen atoms in total. The van der Waals surface area contributed by atoms with Crippen LogP contribution < -0.4 is 10.6 Å². The molecule has 0 saturated carbocycles. The number of aliphatic carboxylic acids is 1. The Hall–Kier alpha value is -1.26. The first-order valence-corrected chi connectivity index (χ1v) is 6.76. The van der Waals surface area contributed by atoms with Crippen molar-refractivity contribution >= 4 is 12.0 Å². The van der Waals surface area contributed by atoms with Gasteiger partial charge in [-0.2, -0.15) is 0 Å². The molecule has 0 bridgehead atoms. The molecule has 0 aliphatic rings. The van der Waals surface area contributed by atoms with Gasteiger partial charge in [0, 0.05) is 19.5 Å². The summed E-state index contributed by atoms with van der Waals surface area (Å²) in [6, 6.07) is -0.110. The van der Waals surface area contributed by atoms with Crippen LogP contribution in [0, 0.1) is 5.92 Å². The first-order chi connectivity index (χ1) is 8.52. The van der Waals surface area contributed by atoms with E-state index in [1.807, 2.05) is 0 Å². The monoisotopic (exact) mass is 258 g/mol. The Kier molecular flexibility index (Phi) is 10.1. The zero-order valence-electron chi connectivity index (χ0n) is 11.5. The van der Waals surface area contributed by atoms with Crippen molar-refractivity contribution < 1.29 is 14.7 Å². The number of rotatable bonds is 10. The van der Waals surface area contributed by atoms with E-state index in [1.54, 1.807) is 0 Å². The summed E-state index contributed by atoms with van der Waals surface area (Å²) >= 11 is 0. The fraction of sp³-hybridized carbons (Fsp3) is 0.846. The van der Waals surface area contributed by atoms with E-state index in [0.717, 1.165) is 32.1 Å². The molecule has 0 heterocycles. The van der Waals surface area contributed by atoms with Crippen LogP contribution in [0.3, 0.4) is 0 Å². The normalized spacial score (nSPS) is 10.4. The van der Waals surface area contributed by atoms with Crippen LogP contribution in [0.25, 0.3) is 0 Å². The fourth-order valence-corrected chi connectivity index (χ4v) is 1.49. The summed E-state index contributed by atoms with van der Waals surface area (Å²) in [5.41, 5.74) is 0. The first kappa shape index (κ1) is 16.7. The maximum atomic E-state index is 11.3. The molecule has 106 valence electrons. The quantitative estimate of drug-likeness (QED) is 0.526. The Balaban J connectivity index is 3.22. The van der Waals surface area contributed by atoms with Gasteiger partial charge in [0.15, 0.2) is 0 Å². The number of amides is 2. The highest BCUT2D eigenvalue weighted by Crippen LogP contribution is 2.02. The van der Waals surface area contributed by atoms with Crippen molar-refractivity contribution in [3.05, 3.63) is 0 Å². The number of carboxylic acid groups (broad SMARTS) is 1. The molecule has 0 fully saturated rings. The number of unbranched alkanes of at least 4 members (excludes halogenated alkanes) is 3. The minimum Gasteiger partial charge on any atom is -0.481 e. The first-order valence-electron chi connectivity index (χ1n) is 6.76. The minimum atomic E-state index is -0.738. The van der Waals surface area contributed by atoms with Gasteiger partial charge in [0.1, 0.15) is 0 Å². The number of hydrogen-bond acceptors (Lipinski definition) is 2. The second-order valence-corrected chi connectivity index (χ2v) is 4.92. The second-order valence-electron chi connectivity index (χ2n) is 4.92. The molecule has 18 heavy (non-hydrogen) atoms. The Morgan fingerprint density at radius 1 is 1.00 bits per heavy atom. The van der Waals surface area contributed by atoms with Crippen molar-refractivity contribution in [1.82, 2.24) is 10.6 Å². The topological polar surface area (TPSA) is 78.4 Å². The van der Waals surface area contributed by atoms with Crippen LogP contribution in [0.2, 0.25) is 0 Å². The van der Waals surface area contributed by atoms with Gasteiger partial charge >= 0.3 is 12.0 Å². The Labute approximate surface area is 109 Å². The van der Waals surface area contributed by atoms with Gasteiger partial charge in [0.05, 0.1) is 0 Å². The maximum absolute atomic E-state index is 11.3. The summed E-state index contributed by atoms with van der Waals surface area (Å²) in [6.07, 6.45) is 4.71. The predicted octanol–water partition coefficient (Wildman–Crippen LogP) is 2.37. The minimum absolute atomic E-state index is 0.110. The van der Waals surface area contributed by atoms with Crippen LogP contribution in [0.15, 0.2) is 0 Å². The molecule has 0 spiro atoms. The van der Waals surface area contributed by atoms with E-state index in [9.17, 15) is 9.59 Å². The smallest absolute Gasteiger partial charge is 0.314 e. The summed E-state index contributed by atoms with van der Waals surface area (Å²) in [4.78, 5) is 21.6. The van der Waals surface area contributed by atoms with Gasteiger partial charge in [0.25, 0.3) is 0 Å².